The Morgan fingerprint density at radius 1 is 1.44 bits per heavy atom. The SMILES string of the molecule is COC(=O)Cn1c(CCl)nc2c(OC)cccc21. The lowest BCUT2D eigenvalue weighted by molar-refractivity contribution is -0.141. The molecule has 0 saturated carbocycles. The van der Waals surface area contributed by atoms with Crippen LogP contribution in [0.1, 0.15) is 5.82 Å². The molecular weight excluding hydrogens is 256 g/mol. The van der Waals surface area contributed by atoms with Crippen LogP contribution in [0.2, 0.25) is 0 Å². The minimum absolute atomic E-state index is 0.0855. The molecular formula is C12H13ClN2O3. The van der Waals surface area contributed by atoms with Crippen LogP contribution in [0.25, 0.3) is 11.0 Å². The lowest BCUT2D eigenvalue weighted by atomic mass is 10.3. The Balaban J connectivity index is 2.59. The Kier molecular flexibility index (Phi) is 3.72. The molecule has 0 saturated heterocycles. The number of rotatable bonds is 4. The molecule has 1 heterocycles. The molecule has 18 heavy (non-hydrogen) atoms. The highest BCUT2D eigenvalue weighted by molar-refractivity contribution is 6.17. The van der Waals surface area contributed by atoms with Crippen molar-refractivity contribution in [3.63, 3.8) is 0 Å². The van der Waals surface area contributed by atoms with Crippen molar-refractivity contribution in [2.24, 2.45) is 0 Å². The maximum absolute atomic E-state index is 11.4. The zero-order chi connectivity index (χ0) is 13.1. The summed E-state index contributed by atoms with van der Waals surface area (Å²) >= 11 is 5.85. The van der Waals surface area contributed by atoms with E-state index in [0.29, 0.717) is 17.1 Å². The average Bonchev–Trinajstić information content (AvgIpc) is 2.76. The number of halogens is 1. The van der Waals surface area contributed by atoms with Gasteiger partial charge < -0.3 is 14.0 Å². The van der Waals surface area contributed by atoms with E-state index in [0.717, 1.165) is 5.52 Å². The van der Waals surface area contributed by atoms with Gasteiger partial charge in [-0.25, -0.2) is 4.98 Å². The summed E-state index contributed by atoms with van der Waals surface area (Å²) in [6.45, 7) is 0.0855. The summed E-state index contributed by atoms with van der Waals surface area (Å²) in [6.07, 6.45) is 0. The number of hydrogen-bond donors (Lipinski definition) is 0. The van der Waals surface area contributed by atoms with Gasteiger partial charge >= 0.3 is 5.97 Å². The molecule has 0 aliphatic heterocycles. The average molecular weight is 269 g/mol. The fourth-order valence-corrected chi connectivity index (χ4v) is 2.01. The van der Waals surface area contributed by atoms with E-state index in [2.05, 4.69) is 9.72 Å². The molecule has 0 aliphatic carbocycles. The summed E-state index contributed by atoms with van der Waals surface area (Å²) in [4.78, 5) is 15.8. The van der Waals surface area contributed by atoms with Gasteiger partial charge in [-0.1, -0.05) is 6.07 Å². The van der Waals surface area contributed by atoms with Gasteiger partial charge in [-0.15, -0.1) is 11.6 Å². The van der Waals surface area contributed by atoms with Crippen LogP contribution in [-0.4, -0.2) is 29.7 Å². The number of carbonyl (C=O) groups excluding carboxylic acids is 1. The van der Waals surface area contributed by atoms with Crippen molar-refractivity contribution in [2.75, 3.05) is 14.2 Å². The summed E-state index contributed by atoms with van der Waals surface area (Å²) in [7, 11) is 2.93. The minimum Gasteiger partial charge on any atom is -0.494 e. The number of para-hydroxylation sites is 1. The highest BCUT2D eigenvalue weighted by Crippen LogP contribution is 2.26. The van der Waals surface area contributed by atoms with E-state index in [9.17, 15) is 4.79 Å². The van der Waals surface area contributed by atoms with E-state index < -0.39 is 0 Å². The third-order valence-corrected chi connectivity index (χ3v) is 2.91. The predicted octanol–water partition coefficient (Wildman–Crippen LogP) is 1.96. The number of nitrogens with zero attached hydrogens (tertiary/aromatic N) is 2. The summed E-state index contributed by atoms with van der Waals surface area (Å²) < 4.78 is 11.6. The second-order valence-corrected chi connectivity index (χ2v) is 3.92. The molecule has 0 radical (unpaired) electrons. The van der Waals surface area contributed by atoms with Gasteiger partial charge in [0, 0.05) is 0 Å². The molecule has 0 aliphatic rings. The molecule has 6 heteroatoms. The first-order valence-electron chi connectivity index (χ1n) is 5.36. The number of ether oxygens (including phenoxy) is 2. The van der Waals surface area contributed by atoms with Crippen LogP contribution in [0.4, 0.5) is 0 Å². The van der Waals surface area contributed by atoms with Crippen molar-refractivity contribution < 1.29 is 14.3 Å². The minimum atomic E-state index is -0.344. The van der Waals surface area contributed by atoms with Crippen LogP contribution < -0.4 is 4.74 Å². The van der Waals surface area contributed by atoms with E-state index in [1.807, 2.05) is 18.2 Å². The number of aromatic nitrogens is 2. The highest BCUT2D eigenvalue weighted by Gasteiger charge is 2.15. The first kappa shape index (κ1) is 12.7. The number of fused-ring (bicyclic) bond motifs is 1. The zero-order valence-corrected chi connectivity index (χ0v) is 10.9. The van der Waals surface area contributed by atoms with E-state index in [1.165, 1.54) is 7.11 Å². The van der Waals surface area contributed by atoms with Gasteiger partial charge in [0.2, 0.25) is 0 Å². The molecule has 0 atom stereocenters. The van der Waals surface area contributed by atoms with Crippen LogP contribution in [-0.2, 0) is 22.0 Å². The molecule has 1 aromatic carbocycles. The van der Waals surface area contributed by atoms with Crippen molar-refractivity contribution >= 4 is 28.6 Å². The number of benzene rings is 1. The van der Waals surface area contributed by atoms with E-state index >= 15 is 0 Å². The van der Waals surface area contributed by atoms with Gasteiger partial charge in [0.25, 0.3) is 0 Å². The summed E-state index contributed by atoms with van der Waals surface area (Å²) in [5.41, 5.74) is 1.50. The van der Waals surface area contributed by atoms with Crippen LogP contribution in [0.5, 0.6) is 5.75 Å². The Morgan fingerprint density at radius 3 is 2.83 bits per heavy atom. The van der Waals surface area contributed by atoms with Crippen molar-refractivity contribution in [1.29, 1.82) is 0 Å². The fraction of sp³-hybridized carbons (Fsp3) is 0.333. The van der Waals surface area contributed by atoms with E-state index in [4.69, 9.17) is 16.3 Å². The molecule has 0 N–H and O–H groups in total. The monoisotopic (exact) mass is 268 g/mol. The predicted molar refractivity (Wildman–Crippen MR) is 67.9 cm³/mol. The van der Waals surface area contributed by atoms with E-state index in [-0.39, 0.29) is 18.4 Å². The topological polar surface area (TPSA) is 53.4 Å². The second-order valence-electron chi connectivity index (χ2n) is 3.65. The van der Waals surface area contributed by atoms with Crippen molar-refractivity contribution in [2.45, 2.75) is 12.4 Å². The Morgan fingerprint density at radius 2 is 2.22 bits per heavy atom. The third-order valence-electron chi connectivity index (χ3n) is 2.68. The van der Waals surface area contributed by atoms with Gasteiger partial charge in [-0.05, 0) is 12.1 Å². The molecule has 2 rings (SSSR count). The number of alkyl halides is 1. The maximum Gasteiger partial charge on any atom is 0.325 e. The second kappa shape index (κ2) is 5.27. The standard InChI is InChI=1S/C12H13ClN2O3/c1-17-9-5-3-4-8-12(9)14-10(6-13)15(8)7-11(16)18-2/h3-5H,6-7H2,1-2H3. The molecule has 2 aromatic rings. The lowest BCUT2D eigenvalue weighted by Crippen LogP contribution is -2.13. The van der Waals surface area contributed by atoms with Crippen LogP contribution in [0, 0.1) is 0 Å². The van der Waals surface area contributed by atoms with Crippen molar-refractivity contribution in [1.82, 2.24) is 9.55 Å². The molecule has 0 bridgehead atoms. The molecule has 96 valence electrons. The first-order chi connectivity index (χ1) is 8.71. The van der Waals surface area contributed by atoms with Crippen molar-refractivity contribution in [3.8, 4) is 5.75 Å². The first-order valence-corrected chi connectivity index (χ1v) is 5.89. The van der Waals surface area contributed by atoms with Crippen LogP contribution in [0.3, 0.4) is 0 Å². The summed E-state index contributed by atoms with van der Waals surface area (Å²) in [6, 6.07) is 5.52. The number of carbonyl (C=O) groups is 1. The Labute approximate surface area is 109 Å². The number of hydrogen-bond acceptors (Lipinski definition) is 4. The van der Waals surface area contributed by atoms with Gasteiger partial charge in [-0.3, -0.25) is 4.79 Å². The van der Waals surface area contributed by atoms with Crippen molar-refractivity contribution in [3.05, 3.63) is 24.0 Å². The Bertz CT molecular complexity index is 580. The third kappa shape index (κ3) is 2.13. The maximum atomic E-state index is 11.4. The lowest BCUT2D eigenvalue weighted by Gasteiger charge is -2.06. The van der Waals surface area contributed by atoms with Gasteiger partial charge in [0.05, 0.1) is 25.6 Å². The molecule has 0 spiro atoms. The number of esters is 1. The highest BCUT2D eigenvalue weighted by atomic mass is 35.5. The summed E-state index contributed by atoms with van der Waals surface area (Å²) in [5.74, 6) is 1.14. The van der Waals surface area contributed by atoms with Crippen LogP contribution >= 0.6 is 11.6 Å². The van der Waals surface area contributed by atoms with Gasteiger partial charge in [0.1, 0.15) is 23.6 Å². The largest absolute Gasteiger partial charge is 0.494 e. The number of imidazole rings is 1. The Hall–Kier alpha value is -1.75. The van der Waals surface area contributed by atoms with Crippen LogP contribution in [0.15, 0.2) is 18.2 Å². The van der Waals surface area contributed by atoms with E-state index in [1.54, 1.807) is 11.7 Å². The zero-order valence-electron chi connectivity index (χ0n) is 10.1. The molecule has 0 unspecified atom stereocenters. The molecule has 0 fully saturated rings. The molecule has 5 nitrogen and oxygen atoms in total. The smallest absolute Gasteiger partial charge is 0.325 e. The summed E-state index contributed by atoms with van der Waals surface area (Å²) in [5, 5.41) is 0. The molecule has 1 aromatic heterocycles. The van der Waals surface area contributed by atoms with Gasteiger partial charge in [0.15, 0.2) is 0 Å². The molecule has 0 amide bonds. The van der Waals surface area contributed by atoms with Gasteiger partial charge in [-0.2, -0.15) is 0 Å². The fourth-order valence-electron chi connectivity index (χ4n) is 1.81. The normalized spacial score (nSPS) is 10.6. The quantitative estimate of drug-likeness (QED) is 0.628. The number of methoxy groups -OCH3 is 2.